The Labute approximate surface area is 229 Å². The molecule has 2 nitrogen and oxygen atoms in total. The molecule has 0 aromatic carbocycles. The number of ether oxygens (including phenoxy) is 1. The molecule has 0 aliphatic carbocycles. The molecule has 0 aromatic rings. The Balaban J connectivity index is 3.00. The molecule has 0 saturated carbocycles. The van der Waals surface area contributed by atoms with E-state index in [4.69, 9.17) is 4.74 Å². The van der Waals surface area contributed by atoms with E-state index in [1.165, 1.54) is 180 Å². The molecule has 0 unspecified atom stereocenters. The third-order valence-corrected chi connectivity index (χ3v) is 7.83. The largest absolute Gasteiger partial charge is 0.381 e. The Morgan fingerprint density at radius 3 is 0.778 bits per heavy atom. The van der Waals surface area contributed by atoms with Crippen molar-refractivity contribution in [2.75, 3.05) is 19.8 Å². The zero-order valence-corrected chi connectivity index (χ0v) is 25.2. The van der Waals surface area contributed by atoms with E-state index in [-0.39, 0.29) is 6.61 Å². The van der Waals surface area contributed by atoms with E-state index in [2.05, 4.69) is 6.92 Å². The molecule has 0 aliphatic rings. The summed E-state index contributed by atoms with van der Waals surface area (Å²) in [7, 11) is 0. The first kappa shape index (κ1) is 35.9. The van der Waals surface area contributed by atoms with Crippen molar-refractivity contribution in [1.82, 2.24) is 0 Å². The average Bonchev–Trinajstić information content (AvgIpc) is 2.89. The zero-order valence-electron chi connectivity index (χ0n) is 25.2. The Morgan fingerprint density at radius 1 is 0.306 bits per heavy atom. The molecule has 0 heterocycles. The second-order valence-electron chi connectivity index (χ2n) is 11.6. The van der Waals surface area contributed by atoms with E-state index in [9.17, 15) is 5.11 Å². The number of hydrogen-bond donors (Lipinski definition) is 0. The van der Waals surface area contributed by atoms with E-state index in [1.54, 1.807) is 0 Å². The molecule has 2 heteroatoms. The van der Waals surface area contributed by atoms with Gasteiger partial charge < -0.3 is 4.74 Å². The summed E-state index contributed by atoms with van der Waals surface area (Å²) in [6.07, 6.45) is 41.4. The molecule has 0 bridgehead atoms. The van der Waals surface area contributed by atoms with Crippen molar-refractivity contribution in [2.24, 2.45) is 0 Å². The summed E-state index contributed by atoms with van der Waals surface area (Å²) in [4.78, 5) is 0. The van der Waals surface area contributed by atoms with Crippen LogP contribution >= 0.6 is 0 Å². The van der Waals surface area contributed by atoms with Crippen molar-refractivity contribution in [2.45, 2.75) is 200 Å². The maximum absolute atomic E-state index is 10.4. The van der Waals surface area contributed by atoms with Gasteiger partial charge in [0, 0.05) is 13.2 Å². The third-order valence-electron chi connectivity index (χ3n) is 7.83. The topological polar surface area (TPSA) is 29.1 Å². The summed E-state index contributed by atoms with van der Waals surface area (Å²) in [6.45, 7) is 4.35. The first-order valence-corrected chi connectivity index (χ1v) is 17.1. The molecular weight excluding hydrogens is 440 g/mol. The van der Waals surface area contributed by atoms with Crippen molar-refractivity contribution in [3.8, 4) is 0 Å². The van der Waals surface area contributed by atoms with Crippen LogP contribution in [0.15, 0.2) is 0 Å². The molecule has 0 atom stereocenters. The van der Waals surface area contributed by atoms with Crippen molar-refractivity contribution >= 4 is 0 Å². The Morgan fingerprint density at radius 2 is 0.528 bits per heavy atom. The molecule has 36 heavy (non-hydrogen) atoms. The van der Waals surface area contributed by atoms with Gasteiger partial charge in [-0.05, 0) is 19.3 Å². The summed E-state index contributed by atoms with van der Waals surface area (Å²) in [5, 5.41) is 10.4. The Kier molecular flexibility index (Phi) is 34.8. The molecule has 0 aliphatic heterocycles. The molecule has 0 amide bonds. The van der Waals surface area contributed by atoms with Gasteiger partial charge in [0.15, 0.2) is 0 Å². The predicted molar refractivity (Wildman–Crippen MR) is 161 cm³/mol. The fourth-order valence-corrected chi connectivity index (χ4v) is 5.28. The molecule has 0 saturated heterocycles. The normalized spacial score (nSPS) is 11.5. The van der Waals surface area contributed by atoms with Crippen LogP contribution in [0.5, 0.6) is 0 Å². The van der Waals surface area contributed by atoms with Gasteiger partial charge >= 0.3 is 0 Å². The van der Waals surface area contributed by atoms with Crippen LogP contribution in [0.3, 0.4) is 0 Å². The van der Waals surface area contributed by atoms with Gasteiger partial charge in [-0.1, -0.05) is 180 Å². The van der Waals surface area contributed by atoms with Gasteiger partial charge in [0.05, 0.1) is 6.61 Å². The van der Waals surface area contributed by atoms with Crippen molar-refractivity contribution in [1.29, 1.82) is 0 Å². The van der Waals surface area contributed by atoms with Gasteiger partial charge in [0.25, 0.3) is 0 Å². The van der Waals surface area contributed by atoms with Crippen LogP contribution in [-0.4, -0.2) is 19.8 Å². The monoisotopic (exact) mass is 510 g/mol. The van der Waals surface area contributed by atoms with Crippen LogP contribution in [0.2, 0.25) is 0 Å². The minimum atomic E-state index is 0.113. The molecule has 0 fully saturated rings. The summed E-state index contributed by atoms with van der Waals surface area (Å²) >= 11 is 0. The third kappa shape index (κ3) is 33.9. The highest BCUT2D eigenvalue weighted by atomic mass is 16.5. The van der Waals surface area contributed by atoms with Gasteiger partial charge in [-0.15, -0.1) is 0 Å². The molecule has 0 spiro atoms. The molecular formula is C34H69O2. The van der Waals surface area contributed by atoms with E-state index in [1.807, 2.05) is 0 Å². The molecule has 0 aromatic heterocycles. The summed E-state index contributed by atoms with van der Waals surface area (Å²) in [6, 6.07) is 0. The van der Waals surface area contributed by atoms with Gasteiger partial charge in [-0.25, -0.2) is 5.11 Å². The fraction of sp³-hybridized carbons (Fsp3) is 1.00. The quantitative estimate of drug-likeness (QED) is 0.0808. The van der Waals surface area contributed by atoms with E-state index in [0.29, 0.717) is 0 Å². The number of rotatable bonds is 33. The van der Waals surface area contributed by atoms with Crippen LogP contribution < -0.4 is 0 Å². The highest BCUT2D eigenvalue weighted by Gasteiger charge is 1.97. The van der Waals surface area contributed by atoms with Gasteiger partial charge in [-0.3, -0.25) is 0 Å². The minimum Gasteiger partial charge on any atom is -0.381 e. The number of hydrogen-bond acceptors (Lipinski definition) is 1. The standard InChI is InChI=1S/C34H69O2/c1-2-3-4-5-6-7-8-9-10-11-12-13-14-15-16-18-21-24-27-30-33-36-34-31-28-25-22-19-17-20-23-26-29-32-35/h2-34H2,1H3. The smallest absolute Gasteiger partial charge is 0.0822 e. The lowest BCUT2D eigenvalue weighted by Gasteiger charge is -2.05. The first-order chi connectivity index (χ1) is 17.9. The SMILES string of the molecule is CCCCCCCCCCCCCCCCCCCCCCOCCCCCCCCCCCC[O]. The van der Waals surface area contributed by atoms with Crippen LogP contribution in [0.25, 0.3) is 0 Å². The average molecular weight is 510 g/mol. The second kappa shape index (κ2) is 34.9. The molecule has 0 N–H and O–H groups in total. The summed E-state index contributed by atoms with van der Waals surface area (Å²) < 4.78 is 5.83. The van der Waals surface area contributed by atoms with Gasteiger partial charge in [-0.2, -0.15) is 0 Å². The van der Waals surface area contributed by atoms with Crippen LogP contribution in [-0.2, 0) is 9.84 Å². The number of unbranched alkanes of at least 4 members (excludes halogenated alkanes) is 28. The maximum Gasteiger partial charge on any atom is 0.0822 e. The van der Waals surface area contributed by atoms with Gasteiger partial charge in [0.1, 0.15) is 0 Å². The van der Waals surface area contributed by atoms with Crippen LogP contribution in [0.4, 0.5) is 0 Å². The van der Waals surface area contributed by atoms with E-state index >= 15 is 0 Å². The molecule has 0 rings (SSSR count). The van der Waals surface area contributed by atoms with Crippen LogP contribution in [0.1, 0.15) is 200 Å². The Bertz CT molecular complexity index is 323. The lowest BCUT2D eigenvalue weighted by molar-refractivity contribution is 0.125. The molecule has 1 radical (unpaired) electrons. The lowest BCUT2D eigenvalue weighted by atomic mass is 10.0. The molecule has 217 valence electrons. The maximum atomic E-state index is 10.4. The van der Waals surface area contributed by atoms with Crippen molar-refractivity contribution in [3.63, 3.8) is 0 Å². The highest BCUT2D eigenvalue weighted by Crippen LogP contribution is 2.15. The van der Waals surface area contributed by atoms with E-state index in [0.717, 1.165) is 26.1 Å². The lowest BCUT2D eigenvalue weighted by Crippen LogP contribution is -1.97. The highest BCUT2D eigenvalue weighted by molar-refractivity contribution is 4.51. The summed E-state index contributed by atoms with van der Waals surface area (Å²) in [5.41, 5.74) is 0. The predicted octanol–water partition coefficient (Wildman–Crippen LogP) is 12.2. The fourth-order valence-electron chi connectivity index (χ4n) is 5.28. The first-order valence-electron chi connectivity index (χ1n) is 17.1. The zero-order chi connectivity index (χ0) is 26.0. The summed E-state index contributed by atoms with van der Waals surface area (Å²) in [5.74, 6) is 0. The van der Waals surface area contributed by atoms with E-state index < -0.39 is 0 Å². The van der Waals surface area contributed by atoms with Gasteiger partial charge in [0.2, 0.25) is 0 Å². The second-order valence-corrected chi connectivity index (χ2v) is 11.6. The van der Waals surface area contributed by atoms with Crippen molar-refractivity contribution < 1.29 is 9.84 Å². The minimum absolute atomic E-state index is 0.113. The van der Waals surface area contributed by atoms with Crippen LogP contribution in [0, 0.1) is 0 Å². The van der Waals surface area contributed by atoms with Crippen molar-refractivity contribution in [3.05, 3.63) is 0 Å². The Hall–Kier alpha value is -0.0800.